The first-order valence-corrected chi connectivity index (χ1v) is 5.87. The van der Waals surface area contributed by atoms with Gasteiger partial charge in [0.15, 0.2) is 0 Å². The molecule has 0 aliphatic rings. The Balaban J connectivity index is 2.31. The van der Waals surface area contributed by atoms with Gasteiger partial charge >= 0.3 is 6.09 Å². The number of amides is 1. The Labute approximate surface area is 102 Å². The third-order valence-electron chi connectivity index (χ3n) is 2.32. The normalized spacial score (nSPS) is 10.5. The highest BCUT2D eigenvalue weighted by Crippen LogP contribution is 2.08. The fraction of sp³-hybridized carbons (Fsp3) is 0.357. The predicted molar refractivity (Wildman–Crippen MR) is 69.9 cm³/mol. The van der Waals surface area contributed by atoms with Gasteiger partial charge in [0.05, 0.1) is 0 Å². The molecule has 0 radical (unpaired) electrons. The minimum Gasteiger partial charge on any atom is -0.445 e. The summed E-state index contributed by atoms with van der Waals surface area (Å²) in [5, 5.41) is 2.65. The summed E-state index contributed by atoms with van der Waals surface area (Å²) in [6.45, 7) is 5.00. The molecule has 17 heavy (non-hydrogen) atoms. The van der Waals surface area contributed by atoms with E-state index in [9.17, 15) is 4.79 Å². The Morgan fingerprint density at radius 2 is 2.18 bits per heavy atom. The summed E-state index contributed by atoms with van der Waals surface area (Å²) in [5.74, 6) is 0. The van der Waals surface area contributed by atoms with Crippen molar-refractivity contribution in [3.63, 3.8) is 0 Å². The first-order chi connectivity index (χ1) is 8.24. The highest BCUT2D eigenvalue weighted by molar-refractivity contribution is 5.67. The SMILES string of the molecule is CCCNC(=O)OC/C=C/c1ccccc1C. The summed E-state index contributed by atoms with van der Waals surface area (Å²) >= 11 is 0. The molecule has 0 saturated heterocycles. The van der Waals surface area contributed by atoms with Crippen molar-refractivity contribution in [2.75, 3.05) is 13.2 Å². The molecule has 1 N–H and O–H groups in total. The number of aryl methyl sites for hydroxylation is 1. The van der Waals surface area contributed by atoms with Crippen LogP contribution in [0.15, 0.2) is 30.3 Å². The van der Waals surface area contributed by atoms with E-state index >= 15 is 0 Å². The van der Waals surface area contributed by atoms with Crippen LogP contribution >= 0.6 is 0 Å². The topological polar surface area (TPSA) is 38.3 Å². The summed E-state index contributed by atoms with van der Waals surface area (Å²) in [4.78, 5) is 11.1. The molecule has 0 heterocycles. The van der Waals surface area contributed by atoms with E-state index < -0.39 is 0 Å². The molecule has 0 spiro atoms. The van der Waals surface area contributed by atoms with Crippen molar-refractivity contribution in [3.8, 4) is 0 Å². The third kappa shape index (κ3) is 5.20. The van der Waals surface area contributed by atoms with Crippen LogP contribution in [-0.4, -0.2) is 19.2 Å². The maximum Gasteiger partial charge on any atom is 0.407 e. The van der Waals surface area contributed by atoms with Gasteiger partial charge in [0.25, 0.3) is 0 Å². The first kappa shape index (κ1) is 13.3. The molecule has 0 atom stereocenters. The van der Waals surface area contributed by atoms with Crippen LogP contribution in [-0.2, 0) is 4.74 Å². The molecule has 0 aromatic heterocycles. The van der Waals surface area contributed by atoms with Gasteiger partial charge in [-0.2, -0.15) is 0 Å². The molecule has 1 amide bonds. The van der Waals surface area contributed by atoms with Crippen LogP contribution in [0.4, 0.5) is 4.79 Å². The monoisotopic (exact) mass is 233 g/mol. The van der Waals surface area contributed by atoms with Crippen LogP contribution in [0, 0.1) is 6.92 Å². The Morgan fingerprint density at radius 1 is 1.41 bits per heavy atom. The van der Waals surface area contributed by atoms with Crippen LogP contribution in [0.1, 0.15) is 24.5 Å². The van der Waals surface area contributed by atoms with Crippen LogP contribution in [0.5, 0.6) is 0 Å². The minimum absolute atomic E-state index is 0.296. The molecule has 0 aliphatic heterocycles. The predicted octanol–water partition coefficient (Wildman–Crippen LogP) is 3.14. The summed E-state index contributed by atoms with van der Waals surface area (Å²) < 4.78 is 4.97. The minimum atomic E-state index is -0.360. The second kappa shape index (κ2) is 7.49. The average Bonchev–Trinajstić information content (AvgIpc) is 2.34. The van der Waals surface area contributed by atoms with Crippen molar-refractivity contribution >= 4 is 12.2 Å². The lowest BCUT2D eigenvalue weighted by atomic mass is 10.1. The molecule has 0 fully saturated rings. The zero-order chi connectivity index (χ0) is 12.5. The van der Waals surface area contributed by atoms with E-state index in [-0.39, 0.29) is 6.09 Å². The molecular formula is C14H19NO2. The van der Waals surface area contributed by atoms with Crippen LogP contribution in [0.25, 0.3) is 6.08 Å². The smallest absolute Gasteiger partial charge is 0.407 e. The number of hydrogen-bond acceptors (Lipinski definition) is 2. The van der Waals surface area contributed by atoms with Gasteiger partial charge in [-0.15, -0.1) is 0 Å². The van der Waals surface area contributed by atoms with Crippen molar-refractivity contribution in [1.82, 2.24) is 5.32 Å². The van der Waals surface area contributed by atoms with Gasteiger partial charge < -0.3 is 10.1 Å². The highest BCUT2D eigenvalue weighted by Gasteiger charge is 1.97. The summed E-state index contributed by atoms with van der Waals surface area (Å²) in [6, 6.07) is 8.07. The number of benzene rings is 1. The summed E-state index contributed by atoms with van der Waals surface area (Å²) in [5.41, 5.74) is 2.35. The Bertz CT molecular complexity index is 386. The number of carbonyl (C=O) groups is 1. The van der Waals surface area contributed by atoms with E-state index in [1.54, 1.807) is 0 Å². The maximum atomic E-state index is 11.1. The molecule has 92 valence electrons. The van der Waals surface area contributed by atoms with Crippen molar-refractivity contribution in [1.29, 1.82) is 0 Å². The van der Waals surface area contributed by atoms with E-state index in [0.29, 0.717) is 13.2 Å². The van der Waals surface area contributed by atoms with Gasteiger partial charge in [-0.25, -0.2) is 4.79 Å². The maximum absolute atomic E-state index is 11.1. The molecule has 0 saturated carbocycles. The lowest BCUT2D eigenvalue weighted by Gasteiger charge is -2.03. The van der Waals surface area contributed by atoms with Crippen LogP contribution in [0.3, 0.4) is 0 Å². The molecule has 0 bridgehead atoms. The zero-order valence-corrected chi connectivity index (χ0v) is 10.4. The highest BCUT2D eigenvalue weighted by atomic mass is 16.5. The molecule has 3 nitrogen and oxygen atoms in total. The first-order valence-electron chi connectivity index (χ1n) is 5.87. The fourth-order valence-electron chi connectivity index (χ4n) is 1.35. The van der Waals surface area contributed by atoms with Crippen LogP contribution < -0.4 is 5.32 Å². The number of rotatable bonds is 5. The van der Waals surface area contributed by atoms with Gasteiger partial charge in [0, 0.05) is 6.54 Å². The number of carbonyl (C=O) groups excluding carboxylic acids is 1. The van der Waals surface area contributed by atoms with Crippen molar-refractivity contribution in [2.45, 2.75) is 20.3 Å². The van der Waals surface area contributed by atoms with E-state index in [2.05, 4.69) is 18.3 Å². The molecule has 1 rings (SSSR count). The fourth-order valence-corrected chi connectivity index (χ4v) is 1.35. The standard InChI is InChI=1S/C14H19NO2/c1-3-10-15-14(16)17-11-6-9-13-8-5-4-7-12(13)2/h4-9H,3,10-11H2,1-2H3,(H,15,16)/b9-6+. The molecule has 1 aromatic rings. The second-order valence-electron chi connectivity index (χ2n) is 3.78. The molecule has 1 aromatic carbocycles. The average molecular weight is 233 g/mol. The summed E-state index contributed by atoms with van der Waals surface area (Å²) in [7, 11) is 0. The van der Waals surface area contributed by atoms with E-state index in [1.165, 1.54) is 5.56 Å². The summed E-state index contributed by atoms with van der Waals surface area (Å²) in [6.07, 6.45) is 4.35. The Morgan fingerprint density at radius 3 is 2.88 bits per heavy atom. The van der Waals surface area contributed by atoms with Gasteiger partial charge in [-0.05, 0) is 30.5 Å². The van der Waals surface area contributed by atoms with E-state index in [1.807, 2.05) is 37.3 Å². The lowest BCUT2D eigenvalue weighted by Crippen LogP contribution is -2.24. The van der Waals surface area contributed by atoms with Crippen molar-refractivity contribution in [2.24, 2.45) is 0 Å². The largest absolute Gasteiger partial charge is 0.445 e. The van der Waals surface area contributed by atoms with Crippen molar-refractivity contribution in [3.05, 3.63) is 41.5 Å². The number of ether oxygens (including phenoxy) is 1. The molecule has 0 aliphatic carbocycles. The quantitative estimate of drug-likeness (QED) is 0.848. The number of hydrogen-bond donors (Lipinski definition) is 1. The van der Waals surface area contributed by atoms with Gasteiger partial charge in [-0.1, -0.05) is 37.3 Å². The van der Waals surface area contributed by atoms with Gasteiger partial charge in [-0.3, -0.25) is 0 Å². The van der Waals surface area contributed by atoms with Crippen LogP contribution in [0.2, 0.25) is 0 Å². The van der Waals surface area contributed by atoms with E-state index in [4.69, 9.17) is 4.74 Å². The number of nitrogens with one attached hydrogen (secondary N) is 1. The van der Waals surface area contributed by atoms with Crippen molar-refractivity contribution < 1.29 is 9.53 Å². The van der Waals surface area contributed by atoms with E-state index in [0.717, 1.165) is 12.0 Å². The second-order valence-corrected chi connectivity index (χ2v) is 3.78. The third-order valence-corrected chi connectivity index (χ3v) is 2.32. The zero-order valence-electron chi connectivity index (χ0n) is 10.4. The molecular weight excluding hydrogens is 214 g/mol. The Kier molecular flexibility index (Phi) is 5.86. The van der Waals surface area contributed by atoms with Gasteiger partial charge in [0.1, 0.15) is 6.61 Å². The molecule has 0 unspecified atom stereocenters. The van der Waals surface area contributed by atoms with Gasteiger partial charge in [0.2, 0.25) is 0 Å². The molecule has 3 heteroatoms. The number of alkyl carbamates (subject to hydrolysis) is 1. The Hall–Kier alpha value is -1.77. The lowest BCUT2D eigenvalue weighted by molar-refractivity contribution is 0.158.